The lowest BCUT2D eigenvalue weighted by Gasteiger charge is -2.28. The summed E-state index contributed by atoms with van der Waals surface area (Å²) >= 11 is 1.15. The Hall–Kier alpha value is -3.25. The molecular weight excluding hydrogens is 490 g/mol. The number of nitro groups is 1. The Kier molecular flexibility index (Phi) is 8.99. The van der Waals surface area contributed by atoms with Crippen LogP contribution in [0.5, 0.6) is 0 Å². The van der Waals surface area contributed by atoms with Crippen LogP contribution in [-0.2, 0) is 10.0 Å². The number of sulfonamides is 1. The Morgan fingerprint density at radius 2 is 1.71 bits per heavy atom. The molecule has 0 amide bonds. The summed E-state index contributed by atoms with van der Waals surface area (Å²) in [6.07, 6.45) is 1.51. The molecule has 1 saturated heterocycles. The zero-order valence-corrected chi connectivity index (χ0v) is 21.2. The molecule has 0 radical (unpaired) electrons. The van der Waals surface area contributed by atoms with Crippen molar-refractivity contribution in [1.29, 1.82) is 0 Å². The van der Waals surface area contributed by atoms with Crippen molar-refractivity contribution in [3.05, 3.63) is 75.4 Å². The maximum absolute atomic E-state index is 12.7. The zero-order valence-electron chi connectivity index (χ0n) is 19.5. The van der Waals surface area contributed by atoms with Gasteiger partial charge in [-0.1, -0.05) is 0 Å². The van der Waals surface area contributed by atoms with Crippen molar-refractivity contribution in [2.75, 3.05) is 37.0 Å². The Labute approximate surface area is 208 Å². The van der Waals surface area contributed by atoms with Crippen molar-refractivity contribution < 1.29 is 18.1 Å². The predicted molar refractivity (Wildman–Crippen MR) is 138 cm³/mol. The lowest BCUT2D eigenvalue weighted by molar-refractivity contribution is -0.403. The third-order valence-corrected chi connectivity index (χ3v) is 8.28. The number of Topliss-reactive ketones (excluding diaryl/α,β-unsaturated/α-hetero) is 1. The van der Waals surface area contributed by atoms with Crippen molar-refractivity contribution in [2.45, 2.75) is 19.3 Å². The molecule has 1 aliphatic heterocycles. The van der Waals surface area contributed by atoms with Gasteiger partial charge in [-0.3, -0.25) is 19.2 Å². The van der Waals surface area contributed by atoms with E-state index >= 15 is 0 Å². The highest BCUT2D eigenvalue weighted by Crippen LogP contribution is 2.30. The number of hydrogen-bond acceptors (Lipinski definition) is 9. The third-order valence-electron chi connectivity index (χ3n) is 5.20. The van der Waals surface area contributed by atoms with E-state index in [2.05, 4.69) is 10.2 Å². The highest BCUT2D eigenvalue weighted by atomic mass is 32.2. The maximum Gasteiger partial charge on any atom is 0.265 e. The Morgan fingerprint density at radius 3 is 2.29 bits per heavy atom. The van der Waals surface area contributed by atoms with Gasteiger partial charge in [0.2, 0.25) is 10.0 Å². The average molecular weight is 518 g/mol. The molecule has 10 nitrogen and oxygen atoms in total. The summed E-state index contributed by atoms with van der Waals surface area (Å²) in [6.45, 7) is 0.207. The molecule has 0 saturated carbocycles. The molecule has 3 rings (SSSR count). The minimum atomic E-state index is -3.75. The van der Waals surface area contributed by atoms with Gasteiger partial charge in [-0.25, -0.2) is 8.42 Å². The van der Waals surface area contributed by atoms with Gasteiger partial charge in [0.25, 0.3) is 6.20 Å². The Balaban J connectivity index is 1.54. The molecule has 0 atom stereocenters. The molecule has 0 bridgehead atoms. The molecule has 1 aliphatic rings. The van der Waals surface area contributed by atoms with Crippen molar-refractivity contribution in [1.82, 2.24) is 4.31 Å². The second kappa shape index (κ2) is 11.9. The van der Waals surface area contributed by atoms with Crippen LogP contribution in [0.2, 0.25) is 0 Å². The molecule has 0 spiro atoms. The fourth-order valence-corrected chi connectivity index (χ4v) is 6.19. The second-order valence-electron chi connectivity index (χ2n) is 8.03. The van der Waals surface area contributed by atoms with Gasteiger partial charge in [-0.2, -0.15) is 10.2 Å². The number of nitrogens with zero attached hydrogens (tertiary/aromatic N) is 5. The molecule has 1 heterocycles. The van der Waals surface area contributed by atoms with Crippen LogP contribution in [-0.4, -0.2) is 55.6 Å². The van der Waals surface area contributed by atoms with Crippen LogP contribution in [0.15, 0.2) is 70.0 Å². The summed E-state index contributed by atoms with van der Waals surface area (Å²) < 4.78 is 26.5. The molecular formula is C23H27N5O5S2. The molecule has 2 aromatic rings. The number of hydrogen-bond donors (Lipinski definition) is 0. The van der Waals surface area contributed by atoms with E-state index in [0.29, 0.717) is 29.1 Å². The highest BCUT2D eigenvalue weighted by molar-refractivity contribution is 8.04. The molecule has 35 heavy (non-hydrogen) atoms. The van der Waals surface area contributed by atoms with E-state index in [1.807, 2.05) is 43.3 Å². The smallest absolute Gasteiger partial charge is 0.265 e. The molecule has 186 valence electrons. The first-order valence-electron chi connectivity index (χ1n) is 11.0. The highest BCUT2D eigenvalue weighted by Gasteiger charge is 2.29. The number of benzene rings is 2. The average Bonchev–Trinajstić information content (AvgIpc) is 2.83. The fraction of sp³-hybridized carbons (Fsp3) is 0.348. The fourth-order valence-electron chi connectivity index (χ4n) is 3.35. The van der Waals surface area contributed by atoms with E-state index in [1.165, 1.54) is 0 Å². The van der Waals surface area contributed by atoms with Gasteiger partial charge >= 0.3 is 0 Å². The predicted octanol–water partition coefficient (Wildman–Crippen LogP) is 4.98. The number of carbonyl (C=O) groups excluding carboxylic acids is 1. The minimum absolute atomic E-state index is 0.0492. The monoisotopic (exact) mass is 517 g/mol. The van der Waals surface area contributed by atoms with Crippen LogP contribution in [0, 0.1) is 10.1 Å². The lowest BCUT2D eigenvalue weighted by atomic mass is 10.1. The quantitative estimate of drug-likeness (QED) is 0.188. The largest absolute Gasteiger partial charge is 0.378 e. The summed E-state index contributed by atoms with van der Waals surface area (Å²) in [6, 6.07) is 14.3. The summed E-state index contributed by atoms with van der Waals surface area (Å²) in [5.74, 6) is 0.187. The van der Waals surface area contributed by atoms with E-state index in [9.17, 15) is 23.3 Å². The number of ketones is 1. The number of carbonyl (C=O) groups is 1. The standard InChI is InChI=1S/C23H27N5O5S2/c1-26(2)21-12-10-20(11-13-21)25-24-19-8-6-18(7-9-19)22(29)5-3-16-35(32,33)27-14-4-15-34-23(27)17-28(30)31/h6-13,17H,3-5,14-16H2,1-2H3/b23-17-,25-24?. The van der Waals surface area contributed by atoms with Gasteiger partial charge in [0.15, 0.2) is 10.8 Å². The number of anilines is 1. The molecule has 0 aromatic heterocycles. The molecule has 1 fully saturated rings. The first-order valence-corrected chi connectivity index (χ1v) is 13.6. The van der Waals surface area contributed by atoms with E-state index in [0.717, 1.165) is 28.0 Å². The van der Waals surface area contributed by atoms with E-state index < -0.39 is 14.9 Å². The molecule has 0 N–H and O–H groups in total. The van der Waals surface area contributed by atoms with Crippen LogP contribution in [0.4, 0.5) is 17.1 Å². The maximum atomic E-state index is 12.7. The third kappa shape index (κ3) is 7.62. The molecule has 0 unspecified atom stereocenters. The lowest BCUT2D eigenvalue weighted by Crippen LogP contribution is -2.35. The van der Waals surface area contributed by atoms with Gasteiger partial charge < -0.3 is 4.90 Å². The van der Waals surface area contributed by atoms with Crippen molar-refractivity contribution >= 4 is 44.6 Å². The van der Waals surface area contributed by atoms with E-state index in [4.69, 9.17) is 0 Å². The first-order chi connectivity index (χ1) is 16.7. The van der Waals surface area contributed by atoms with Gasteiger partial charge in [0, 0.05) is 44.1 Å². The van der Waals surface area contributed by atoms with Gasteiger partial charge in [0.1, 0.15) is 0 Å². The van der Waals surface area contributed by atoms with Crippen LogP contribution in [0.25, 0.3) is 0 Å². The Bertz CT molecular complexity index is 1210. The van der Waals surface area contributed by atoms with Crippen LogP contribution >= 0.6 is 11.8 Å². The topological polar surface area (TPSA) is 126 Å². The van der Waals surface area contributed by atoms with Crippen molar-refractivity contribution in [3.63, 3.8) is 0 Å². The normalized spacial score (nSPS) is 15.5. The van der Waals surface area contributed by atoms with Crippen molar-refractivity contribution in [2.24, 2.45) is 10.2 Å². The number of rotatable bonds is 10. The van der Waals surface area contributed by atoms with E-state index in [-0.39, 0.29) is 36.0 Å². The number of azo groups is 1. The molecule has 0 aliphatic carbocycles. The molecule has 2 aromatic carbocycles. The molecule has 12 heteroatoms. The minimum Gasteiger partial charge on any atom is -0.378 e. The van der Waals surface area contributed by atoms with Crippen LogP contribution in [0.1, 0.15) is 29.6 Å². The van der Waals surface area contributed by atoms with Crippen LogP contribution in [0.3, 0.4) is 0 Å². The van der Waals surface area contributed by atoms with Crippen molar-refractivity contribution in [3.8, 4) is 0 Å². The van der Waals surface area contributed by atoms with Gasteiger partial charge in [-0.05, 0) is 61.4 Å². The summed E-state index contributed by atoms with van der Waals surface area (Å²) in [5.41, 5.74) is 2.82. The van der Waals surface area contributed by atoms with Crippen LogP contribution < -0.4 is 4.90 Å². The van der Waals surface area contributed by atoms with Gasteiger partial charge in [-0.15, -0.1) is 11.8 Å². The summed E-state index contributed by atoms with van der Waals surface area (Å²) in [7, 11) is 0.168. The van der Waals surface area contributed by atoms with E-state index in [1.54, 1.807) is 24.3 Å². The Morgan fingerprint density at radius 1 is 1.11 bits per heavy atom. The second-order valence-corrected chi connectivity index (χ2v) is 11.2. The zero-order chi connectivity index (χ0) is 25.4. The SMILES string of the molecule is CN(C)c1ccc(N=Nc2ccc(C(=O)CCCS(=O)(=O)N3CCCS/C3=C\[N+](=O)[O-])cc2)cc1. The summed E-state index contributed by atoms with van der Waals surface area (Å²) in [5, 5.41) is 19.3. The van der Waals surface area contributed by atoms with Gasteiger partial charge in [0.05, 0.1) is 22.1 Å². The number of thioether (sulfide) groups is 1. The summed E-state index contributed by atoms with van der Waals surface area (Å²) in [4.78, 5) is 24.7. The first kappa shape index (κ1) is 26.4.